The van der Waals surface area contributed by atoms with Crippen LogP contribution in [0.5, 0.6) is 0 Å². The number of pyridine rings is 1. The number of hydrogen-bond donors (Lipinski definition) is 1. The highest BCUT2D eigenvalue weighted by Crippen LogP contribution is 2.51. The molecule has 2 aliphatic rings. The van der Waals surface area contributed by atoms with Crippen molar-refractivity contribution >= 4 is 28.0 Å². The Morgan fingerprint density at radius 2 is 1.77 bits per heavy atom. The Morgan fingerprint density at radius 1 is 1.06 bits per heavy atom. The Labute approximate surface area is 189 Å². The van der Waals surface area contributed by atoms with Crippen LogP contribution >= 0.6 is 15.9 Å². The van der Waals surface area contributed by atoms with Crippen molar-refractivity contribution in [3.05, 3.63) is 64.4 Å². The van der Waals surface area contributed by atoms with E-state index in [9.17, 15) is 9.59 Å². The Morgan fingerprint density at radius 3 is 2.39 bits per heavy atom. The molecule has 2 fully saturated rings. The van der Waals surface area contributed by atoms with Crippen molar-refractivity contribution in [2.45, 2.75) is 37.9 Å². The number of carbonyl (C=O) groups is 2. The van der Waals surface area contributed by atoms with Gasteiger partial charge in [-0.3, -0.25) is 0 Å². The molecule has 1 aliphatic heterocycles. The largest absolute Gasteiger partial charge is 0.480 e. The molecular weight excluding hydrogens is 464 g/mol. The molecule has 0 radical (unpaired) electrons. The van der Waals surface area contributed by atoms with Crippen molar-refractivity contribution in [3.8, 4) is 0 Å². The molecule has 0 bridgehead atoms. The van der Waals surface area contributed by atoms with Crippen LogP contribution in [-0.2, 0) is 26.5 Å². The number of ether oxygens (including phenoxy) is 2. The van der Waals surface area contributed by atoms with E-state index in [0.717, 1.165) is 28.6 Å². The summed E-state index contributed by atoms with van der Waals surface area (Å²) in [6, 6.07) is 13.4. The lowest BCUT2D eigenvalue weighted by atomic mass is 9.63. The minimum absolute atomic E-state index is 0.0463. The van der Waals surface area contributed by atoms with Gasteiger partial charge in [0.05, 0.1) is 5.60 Å². The predicted molar refractivity (Wildman–Crippen MR) is 116 cm³/mol. The Kier molecular flexibility index (Phi) is 6.29. The van der Waals surface area contributed by atoms with Crippen molar-refractivity contribution in [1.82, 2.24) is 9.88 Å². The standard InChI is InChI=1S/C23H25BrN2O5/c24-19-7-6-18(12-25-19)23(31-14-20(27)28)10-8-22(9-11-23)15-26(16-22)21(29)30-13-17-4-2-1-3-5-17/h1-7,12H,8-11,13-16H2,(H,27,28). The third-order valence-corrected chi connectivity index (χ3v) is 6.83. The fourth-order valence-corrected chi connectivity index (χ4v) is 4.80. The number of benzene rings is 1. The van der Waals surface area contributed by atoms with Crippen molar-refractivity contribution in [2.75, 3.05) is 19.7 Å². The van der Waals surface area contributed by atoms with Crippen molar-refractivity contribution in [1.29, 1.82) is 0 Å². The molecule has 1 saturated heterocycles. The first kappa shape index (κ1) is 21.8. The number of aliphatic carboxylic acids is 1. The van der Waals surface area contributed by atoms with E-state index in [1.54, 1.807) is 11.1 Å². The second-order valence-corrected chi connectivity index (χ2v) is 9.26. The molecule has 1 aromatic heterocycles. The number of halogens is 1. The number of nitrogens with zero attached hydrogens (tertiary/aromatic N) is 2. The van der Waals surface area contributed by atoms with E-state index in [4.69, 9.17) is 14.6 Å². The van der Waals surface area contributed by atoms with Gasteiger partial charge in [-0.1, -0.05) is 36.4 Å². The summed E-state index contributed by atoms with van der Waals surface area (Å²) in [7, 11) is 0. The highest BCUT2D eigenvalue weighted by molar-refractivity contribution is 9.10. The van der Waals surface area contributed by atoms with E-state index >= 15 is 0 Å². The van der Waals surface area contributed by atoms with Crippen molar-refractivity contribution in [3.63, 3.8) is 0 Å². The van der Waals surface area contributed by atoms with E-state index in [0.29, 0.717) is 25.9 Å². The van der Waals surface area contributed by atoms with Gasteiger partial charge in [0.2, 0.25) is 0 Å². The van der Waals surface area contributed by atoms with Gasteiger partial charge >= 0.3 is 12.1 Å². The zero-order valence-electron chi connectivity index (χ0n) is 17.1. The molecule has 1 saturated carbocycles. The number of amides is 1. The molecule has 0 unspecified atom stereocenters. The minimum Gasteiger partial charge on any atom is -0.480 e. The molecule has 1 aliphatic carbocycles. The van der Waals surface area contributed by atoms with Crippen LogP contribution in [0.2, 0.25) is 0 Å². The van der Waals surface area contributed by atoms with E-state index in [1.807, 2.05) is 42.5 Å². The van der Waals surface area contributed by atoms with Gasteiger partial charge in [-0.25, -0.2) is 14.6 Å². The third kappa shape index (κ3) is 4.91. The summed E-state index contributed by atoms with van der Waals surface area (Å²) in [6.07, 6.45) is 4.55. The zero-order chi connectivity index (χ0) is 21.9. The molecule has 31 heavy (non-hydrogen) atoms. The van der Waals surface area contributed by atoms with Gasteiger partial charge in [-0.05, 0) is 53.2 Å². The Hall–Kier alpha value is -2.45. The van der Waals surface area contributed by atoms with Crippen molar-refractivity contribution < 1.29 is 24.2 Å². The quantitative estimate of drug-likeness (QED) is 0.607. The SMILES string of the molecule is O=C(O)COC1(c2ccc(Br)nc2)CCC2(CC1)CN(C(=O)OCc1ccccc1)C2. The maximum absolute atomic E-state index is 12.4. The first-order valence-corrected chi connectivity index (χ1v) is 11.1. The maximum atomic E-state index is 12.4. The number of hydrogen-bond acceptors (Lipinski definition) is 5. The van der Waals surface area contributed by atoms with Gasteiger partial charge in [0.25, 0.3) is 0 Å². The number of rotatable bonds is 6. The summed E-state index contributed by atoms with van der Waals surface area (Å²) in [5.41, 5.74) is 1.24. The average molecular weight is 489 g/mol. The number of carboxylic acids is 1. The number of carbonyl (C=O) groups excluding carboxylic acids is 1. The van der Waals surface area contributed by atoms with Gasteiger partial charge in [-0.15, -0.1) is 0 Å². The zero-order valence-corrected chi connectivity index (χ0v) is 18.7. The molecule has 4 rings (SSSR count). The van der Waals surface area contributed by atoms with Crippen LogP contribution in [0.25, 0.3) is 0 Å². The highest BCUT2D eigenvalue weighted by Gasteiger charge is 2.52. The summed E-state index contributed by atoms with van der Waals surface area (Å²) in [4.78, 5) is 29.6. The van der Waals surface area contributed by atoms with E-state index in [2.05, 4.69) is 20.9 Å². The molecular formula is C23H25BrN2O5. The first-order chi connectivity index (χ1) is 14.9. The van der Waals surface area contributed by atoms with Crippen LogP contribution in [-0.4, -0.2) is 46.7 Å². The lowest BCUT2D eigenvalue weighted by Crippen LogP contribution is -2.60. The summed E-state index contributed by atoms with van der Waals surface area (Å²) >= 11 is 3.34. The van der Waals surface area contributed by atoms with Gasteiger partial charge in [0.15, 0.2) is 0 Å². The van der Waals surface area contributed by atoms with Gasteiger partial charge in [0.1, 0.15) is 17.8 Å². The first-order valence-electron chi connectivity index (χ1n) is 10.3. The van der Waals surface area contributed by atoms with E-state index in [1.165, 1.54) is 0 Å². The van der Waals surface area contributed by atoms with Crippen LogP contribution in [0.15, 0.2) is 53.3 Å². The fraction of sp³-hybridized carbons (Fsp3) is 0.435. The molecule has 7 nitrogen and oxygen atoms in total. The molecule has 2 heterocycles. The maximum Gasteiger partial charge on any atom is 0.410 e. The fourth-order valence-electron chi connectivity index (χ4n) is 4.57. The molecule has 0 atom stereocenters. The smallest absolute Gasteiger partial charge is 0.410 e. The summed E-state index contributed by atoms with van der Waals surface area (Å²) in [5, 5.41) is 9.13. The van der Waals surface area contributed by atoms with Crippen LogP contribution in [0.3, 0.4) is 0 Å². The molecule has 1 aromatic carbocycles. The van der Waals surface area contributed by atoms with Crippen LogP contribution < -0.4 is 0 Å². The highest BCUT2D eigenvalue weighted by atomic mass is 79.9. The predicted octanol–water partition coefficient (Wildman–Crippen LogP) is 4.35. The number of aromatic nitrogens is 1. The van der Waals surface area contributed by atoms with Crippen LogP contribution in [0.1, 0.15) is 36.8 Å². The Balaban J connectivity index is 1.34. The average Bonchev–Trinajstić information content (AvgIpc) is 2.76. The molecule has 1 spiro atoms. The van der Waals surface area contributed by atoms with Crippen LogP contribution in [0, 0.1) is 5.41 Å². The molecule has 2 aromatic rings. The number of carboxylic acid groups (broad SMARTS) is 1. The lowest BCUT2D eigenvalue weighted by Gasteiger charge is -2.55. The van der Waals surface area contributed by atoms with E-state index in [-0.39, 0.29) is 24.7 Å². The second kappa shape index (κ2) is 8.96. The molecule has 1 amide bonds. The number of likely N-dealkylation sites (tertiary alicyclic amines) is 1. The van der Waals surface area contributed by atoms with Gasteiger partial charge < -0.3 is 19.5 Å². The van der Waals surface area contributed by atoms with E-state index < -0.39 is 11.6 Å². The minimum atomic E-state index is -0.985. The summed E-state index contributed by atoms with van der Waals surface area (Å²) < 4.78 is 12.1. The second-order valence-electron chi connectivity index (χ2n) is 8.44. The Bertz CT molecular complexity index is 919. The molecule has 1 N–H and O–H groups in total. The van der Waals surface area contributed by atoms with Crippen LogP contribution in [0.4, 0.5) is 4.79 Å². The summed E-state index contributed by atoms with van der Waals surface area (Å²) in [5.74, 6) is -0.985. The van der Waals surface area contributed by atoms with Crippen molar-refractivity contribution in [2.24, 2.45) is 5.41 Å². The van der Waals surface area contributed by atoms with Gasteiger partial charge in [-0.2, -0.15) is 0 Å². The molecule has 164 valence electrons. The normalized spacial score (nSPS) is 18.9. The topological polar surface area (TPSA) is 89.0 Å². The van der Waals surface area contributed by atoms with Gasteiger partial charge in [0, 0.05) is 30.3 Å². The third-order valence-electron chi connectivity index (χ3n) is 6.36. The molecule has 8 heteroatoms. The summed E-state index contributed by atoms with van der Waals surface area (Å²) in [6.45, 7) is 1.25. The monoisotopic (exact) mass is 488 g/mol. The lowest BCUT2D eigenvalue weighted by molar-refractivity contribution is -0.160.